The quantitative estimate of drug-likeness (QED) is 0.773. The molecule has 0 N–H and O–H groups in total. The Hall–Kier alpha value is -1.79. The fourth-order valence-electron chi connectivity index (χ4n) is 1.73. The van der Waals surface area contributed by atoms with Gasteiger partial charge in [-0.15, -0.1) is 0 Å². The average Bonchev–Trinajstić information content (AvgIpc) is 2.57. The van der Waals surface area contributed by atoms with Crippen molar-refractivity contribution in [3.05, 3.63) is 45.7 Å². The van der Waals surface area contributed by atoms with Gasteiger partial charge in [-0.2, -0.15) is 10.4 Å². The Balaban J connectivity index is 2.72. The van der Waals surface area contributed by atoms with E-state index in [0.717, 1.165) is 22.6 Å². The molecule has 0 spiro atoms. The first-order valence-electron chi connectivity index (χ1n) is 5.27. The van der Waals surface area contributed by atoms with E-state index in [9.17, 15) is 0 Å². The molecule has 0 saturated carbocycles. The Morgan fingerprint density at radius 3 is 2.53 bits per heavy atom. The number of hydrogen-bond acceptors (Lipinski definition) is 2. The molecule has 1 aromatic carbocycles. The third-order valence-electron chi connectivity index (χ3n) is 2.96. The average molecular weight is 246 g/mol. The smallest absolute Gasteiger partial charge is 0.101 e. The van der Waals surface area contributed by atoms with Gasteiger partial charge in [-0.3, -0.25) is 0 Å². The molecule has 1 aromatic heterocycles. The van der Waals surface area contributed by atoms with Gasteiger partial charge in [-0.25, -0.2) is 4.68 Å². The lowest BCUT2D eigenvalue weighted by Gasteiger charge is -2.07. The van der Waals surface area contributed by atoms with Crippen LogP contribution in [0.3, 0.4) is 0 Å². The molecule has 0 radical (unpaired) electrons. The molecular weight excluding hydrogens is 234 g/mol. The van der Waals surface area contributed by atoms with Crippen LogP contribution in [0.15, 0.2) is 18.2 Å². The van der Waals surface area contributed by atoms with E-state index in [1.165, 1.54) is 0 Å². The van der Waals surface area contributed by atoms with Crippen molar-refractivity contribution in [1.82, 2.24) is 9.78 Å². The fraction of sp³-hybridized carbons (Fsp3) is 0.231. The van der Waals surface area contributed by atoms with Gasteiger partial charge in [0.05, 0.1) is 16.9 Å². The summed E-state index contributed by atoms with van der Waals surface area (Å²) < 4.78 is 1.77. The molecule has 0 amide bonds. The number of halogens is 1. The van der Waals surface area contributed by atoms with Crippen LogP contribution in [0.25, 0.3) is 5.69 Å². The molecule has 0 unspecified atom stereocenters. The van der Waals surface area contributed by atoms with E-state index in [-0.39, 0.29) is 0 Å². The summed E-state index contributed by atoms with van der Waals surface area (Å²) >= 11 is 5.97. The van der Waals surface area contributed by atoms with Crippen molar-refractivity contribution in [3.63, 3.8) is 0 Å². The second kappa shape index (κ2) is 4.23. The summed E-state index contributed by atoms with van der Waals surface area (Å²) in [5, 5.41) is 14.1. The SMILES string of the molecule is Cc1nn(-c2cc(Cl)ccc2C#N)c(C)c1C. The highest BCUT2D eigenvalue weighted by atomic mass is 35.5. The van der Waals surface area contributed by atoms with Crippen molar-refractivity contribution in [2.75, 3.05) is 0 Å². The number of aromatic nitrogens is 2. The molecule has 0 fully saturated rings. The summed E-state index contributed by atoms with van der Waals surface area (Å²) in [6.45, 7) is 5.96. The van der Waals surface area contributed by atoms with Crippen molar-refractivity contribution < 1.29 is 0 Å². The van der Waals surface area contributed by atoms with Gasteiger partial charge in [0.15, 0.2) is 0 Å². The van der Waals surface area contributed by atoms with Gasteiger partial charge in [-0.1, -0.05) is 11.6 Å². The lowest BCUT2D eigenvalue weighted by atomic mass is 10.2. The fourth-order valence-corrected chi connectivity index (χ4v) is 1.90. The zero-order valence-corrected chi connectivity index (χ0v) is 10.7. The largest absolute Gasteiger partial charge is 0.236 e. The van der Waals surface area contributed by atoms with Crippen molar-refractivity contribution >= 4 is 11.6 Å². The minimum atomic E-state index is 0.569. The van der Waals surface area contributed by atoms with Gasteiger partial charge in [0.25, 0.3) is 0 Å². The molecule has 2 aromatic rings. The Morgan fingerprint density at radius 1 is 1.29 bits per heavy atom. The summed E-state index contributed by atoms with van der Waals surface area (Å²) in [5.41, 5.74) is 4.43. The predicted molar refractivity (Wildman–Crippen MR) is 67.5 cm³/mol. The van der Waals surface area contributed by atoms with Crippen LogP contribution in [0.5, 0.6) is 0 Å². The second-order valence-corrected chi connectivity index (χ2v) is 4.42. The molecule has 86 valence electrons. The minimum Gasteiger partial charge on any atom is -0.236 e. The van der Waals surface area contributed by atoms with Crippen LogP contribution in [0, 0.1) is 32.1 Å². The normalized spacial score (nSPS) is 10.3. The van der Waals surface area contributed by atoms with E-state index < -0.39 is 0 Å². The van der Waals surface area contributed by atoms with Crippen LogP contribution < -0.4 is 0 Å². The molecule has 3 nitrogen and oxygen atoms in total. The highest BCUT2D eigenvalue weighted by Crippen LogP contribution is 2.22. The molecule has 4 heteroatoms. The maximum Gasteiger partial charge on any atom is 0.101 e. The highest BCUT2D eigenvalue weighted by molar-refractivity contribution is 6.30. The molecule has 17 heavy (non-hydrogen) atoms. The van der Waals surface area contributed by atoms with E-state index in [4.69, 9.17) is 16.9 Å². The van der Waals surface area contributed by atoms with Crippen LogP contribution >= 0.6 is 11.6 Å². The predicted octanol–water partition coefficient (Wildman–Crippen LogP) is 3.32. The van der Waals surface area contributed by atoms with E-state index in [0.29, 0.717) is 10.6 Å². The van der Waals surface area contributed by atoms with E-state index >= 15 is 0 Å². The number of hydrogen-bond donors (Lipinski definition) is 0. The zero-order valence-electron chi connectivity index (χ0n) is 9.95. The Morgan fingerprint density at radius 2 is 2.00 bits per heavy atom. The molecule has 0 saturated heterocycles. The number of rotatable bonds is 1. The molecule has 0 atom stereocenters. The summed E-state index contributed by atoms with van der Waals surface area (Å²) in [7, 11) is 0. The second-order valence-electron chi connectivity index (χ2n) is 3.98. The lowest BCUT2D eigenvalue weighted by Crippen LogP contribution is -2.02. The molecular formula is C13H12ClN3. The minimum absolute atomic E-state index is 0.569. The number of nitriles is 1. The lowest BCUT2D eigenvalue weighted by molar-refractivity contribution is 0.831. The Labute approximate surface area is 105 Å². The first kappa shape index (κ1) is 11.7. The third-order valence-corrected chi connectivity index (χ3v) is 3.20. The van der Waals surface area contributed by atoms with Crippen molar-refractivity contribution in [1.29, 1.82) is 5.26 Å². The Bertz CT molecular complexity index is 620. The van der Waals surface area contributed by atoms with Gasteiger partial charge in [0.2, 0.25) is 0 Å². The molecule has 0 aliphatic rings. The topological polar surface area (TPSA) is 41.6 Å². The van der Waals surface area contributed by atoms with Gasteiger partial charge in [-0.05, 0) is 44.5 Å². The van der Waals surface area contributed by atoms with E-state index in [2.05, 4.69) is 11.2 Å². The van der Waals surface area contributed by atoms with Gasteiger partial charge in [0, 0.05) is 10.7 Å². The maximum absolute atomic E-state index is 9.10. The van der Waals surface area contributed by atoms with Crippen LogP contribution in [0.1, 0.15) is 22.5 Å². The van der Waals surface area contributed by atoms with E-state index in [1.54, 1.807) is 22.9 Å². The molecule has 0 aliphatic heterocycles. The van der Waals surface area contributed by atoms with Gasteiger partial charge >= 0.3 is 0 Å². The summed E-state index contributed by atoms with van der Waals surface area (Å²) in [6, 6.07) is 7.34. The molecule has 0 aliphatic carbocycles. The standard InChI is InChI=1S/C13H12ClN3/c1-8-9(2)16-17(10(8)3)13-6-12(14)5-4-11(13)7-15/h4-6H,1-3H3. The maximum atomic E-state index is 9.10. The number of benzene rings is 1. The van der Waals surface area contributed by atoms with Crippen LogP contribution in [0.2, 0.25) is 5.02 Å². The molecule has 1 heterocycles. The number of nitrogens with zero attached hydrogens (tertiary/aromatic N) is 3. The zero-order chi connectivity index (χ0) is 12.6. The van der Waals surface area contributed by atoms with Gasteiger partial charge in [0.1, 0.15) is 6.07 Å². The number of aryl methyl sites for hydroxylation is 1. The van der Waals surface area contributed by atoms with Crippen molar-refractivity contribution in [2.45, 2.75) is 20.8 Å². The van der Waals surface area contributed by atoms with Gasteiger partial charge < -0.3 is 0 Å². The molecule has 2 rings (SSSR count). The third kappa shape index (κ3) is 1.92. The Kier molecular flexibility index (Phi) is 2.91. The first-order chi connectivity index (χ1) is 8.04. The van der Waals surface area contributed by atoms with Crippen molar-refractivity contribution in [3.8, 4) is 11.8 Å². The van der Waals surface area contributed by atoms with E-state index in [1.807, 2.05) is 20.8 Å². The van der Waals surface area contributed by atoms with Crippen LogP contribution in [-0.4, -0.2) is 9.78 Å². The molecule has 0 bridgehead atoms. The first-order valence-corrected chi connectivity index (χ1v) is 5.65. The highest BCUT2D eigenvalue weighted by Gasteiger charge is 2.12. The van der Waals surface area contributed by atoms with Crippen LogP contribution in [-0.2, 0) is 0 Å². The summed E-state index contributed by atoms with van der Waals surface area (Å²) in [4.78, 5) is 0. The monoisotopic (exact) mass is 245 g/mol. The summed E-state index contributed by atoms with van der Waals surface area (Å²) in [6.07, 6.45) is 0. The summed E-state index contributed by atoms with van der Waals surface area (Å²) in [5.74, 6) is 0. The van der Waals surface area contributed by atoms with Crippen LogP contribution in [0.4, 0.5) is 0 Å². The van der Waals surface area contributed by atoms with Crippen molar-refractivity contribution in [2.24, 2.45) is 0 Å².